The fraction of sp³-hybridized carbons (Fsp3) is 0.300. The van der Waals surface area contributed by atoms with Crippen molar-refractivity contribution in [1.29, 1.82) is 0 Å². The quantitative estimate of drug-likeness (QED) is 0.275. The van der Waals surface area contributed by atoms with Crippen molar-refractivity contribution in [3.8, 4) is 5.75 Å². The topological polar surface area (TPSA) is 109 Å². The van der Waals surface area contributed by atoms with Crippen LogP contribution in [-0.2, 0) is 20.7 Å². The Hall–Kier alpha value is -2.94. The van der Waals surface area contributed by atoms with Gasteiger partial charge in [-0.05, 0) is 64.2 Å². The number of aromatic hydroxyl groups is 1. The number of hydrogen-bond acceptors (Lipinski definition) is 6. The van der Waals surface area contributed by atoms with Gasteiger partial charge in [0.2, 0.25) is 0 Å². The molecule has 0 aliphatic carbocycles. The number of carbonyl (C=O) groups excluding carboxylic acids is 2. The molecule has 1 amide bonds. The maximum absolute atomic E-state index is 11.7. The van der Waals surface area contributed by atoms with E-state index in [1.165, 1.54) is 18.2 Å². The van der Waals surface area contributed by atoms with Crippen LogP contribution in [0.15, 0.2) is 56.3 Å². The summed E-state index contributed by atoms with van der Waals surface area (Å²) in [6.45, 7) is 2.33. The molecule has 0 unspecified atom stereocenters. The van der Waals surface area contributed by atoms with E-state index < -0.39 is 12.0 Å². The highest BCUT2D eigenvalue weighted by atomic mass is 79.9. The molecule has 0 saturated heterocycles. The number of aliphatic hydroxyl groups excluding tert-OH is 1. The first-order valence-electron chi connectivity index (χ1n) is 8.32. The van der Waals surface area contributed by atoms with Crippen LogP contribution in [0.1, 0.15) is 18.9 Å². The number of nitrogens with zero attached hydrogens (tertiary/aromatic N) is 2. The van der Waals surface area contributed by atoms with Gasteiger partial charge in [0.15, 0.2) is 0 Å². The van der Waals surface area contributed by atoms with Crippen LogP contribution in [0.3, 0.4) is 0 Å². The molecule has 1 aromatic rings. The van der Waals surface area contributed by atoms with E-state index >= 15 is 0 Å². The molecular formula is C20H19BrN2O5. The first kappa shape index (κ1) is 23.1. The maximum Gasteiger partial charge on any atom is 0.307 e. The molecule has 0 heterocycles. The van der Waals surface area contributed by atoms with Gasteiger partial charge in [-0.15, -0.1) is 0 Å². The summed E-state index contributed by atoms with van der Waals surface area (Å²) in [6.07, 6.45) is 1.71. The number of phenolic OH excluding ortho intramolecular Hbond substituents is 1. The van der Waals surface area contributed by atoms with Gasteiger partial charge < -0.3 is 14.9 Å². The Morgan fingerprint density at radius 2 is 2.00 bits per heavy atom. The number of ether oxygens (including phenoxy) is 1. The number of phenols is 1. The van der Waals surface area contributed by atoms with E-state index in [1.807, 2.05) is 0 Å². The molecule has 0 bridgehead atoms. The lowest BCUT2D eigenvalue weighted by atomic mass is 10.1. The second kappa shape index (κ2) is 13.3. The molecule has 28 heavy (non-hydrogen) atoms. The minimum atomic E-state index is -1.33. The summed E-state index contributed by atoms with van der Waals surface area (Å²) in [7, 11) is 0. The van der Waals surface area contributed by atoms with Gasteiger partial charge in [-0.1, -0.05) is 6.07 Å². The molecule has 0 saturated carbocycles. The van der Waals surface area contributed by atoms with Gasteiger partial charge in [-0.25, -0.2) is 4.99 Å². The van der Waals surface area contributed by atoms with Crippen molar-refractivity contribution >= 4 is 39.5 Å². The van der Waals surface area contributed by atoms with Gasteiger partial charge in [-0.3, -0.25) is 9.59 Å². The number of hydrogen-bond donors (Lipinski definition) is 2. The van der Waals surface area contributed by atoms with Crippen molar-refractivity contribution < 1.29 is 24.5 Å². The molecule has 0 fully saturated rings. The third-order valence-corrected chi connectivity index (χ3v) is 3.72. The van der Waals surface area contributed by atoms with Gasteiger partial charge >= 0.3 is 5.97 Å². The van der Waals surface area contributed by atoms with Crippen LogP contribution < -0.4 is 0 Å². The van der Waals surface area contributed by atoms with E-state index in [1.54, 1.807) is 19.1 Å². The highest BCUT2D eigenvalue weighted by Crippen LogP contribution is 2.24. The van der Waals surface area contributed by atoms with Crippen molar-refractivity contribution in [1.82, 2.24) is 0 Å². The smallest absolute Gasteiger partial charge is 0.307 e. The minimum Gasteiger partial charge on any atom is -0.507 e. The predicted octanol–water partition coefficient (Wildman–Crippen LogP) is 2.30. The van der Waals surface area contributed by atoms with Crippen molar-refractivity contribution in [2.24, 2.45) is 9.98 Å². The molecule has 1 atom stereocenters. The summed E-state index contributed by atoms with van der Waals surface area (Å²) in [5.74, 6) is 3.76. The zero-order chi connectivity index (χ0) is 20.8. The lowest BCUT2D eigenvalue weighted by Gasteiger charge is -2.06. The highest BCUT2D eigenvalue weighted by Gasteiger charge is 2.15. The summed E-state index contributed by atoms with van der Waals surface area (Å²) in [5, 5.41) is 19.3. The van der Waals surface area contributed by atoms with Crippen LogP contribution in [-0.4, -0.2) is 53.1 Å². The molecule has 7 nitrogen and oxygen atoms in total. The molecule has 2 N–H and O–H groups in total. The predicted molar refractivity (Wildman–Crippen MR) is 108 cm³/mol. The number of benzene rings is 1. The molecule has 0 aromatic heterocycles. The zero-order valence-corrected chi connectivity index (χ0v) is 16.8. The molecule has 8 heteroatoms. The van der Waals surface area contributed by atoms with Crippen LogP contribution in [0.5, 0.6) is 5.75 Å². The van der Waals surface area contributed by atoms with Crippen LogP contribution in [0.4, 0.5) is 0 Å². The third-order valence-electron chi connectivity index (χ3n) is 3.08. The van der Waals surface area contributed by atoms with Crippen LogP contribution in [0, 0.1) is 0 Å². The summed E-state index contributed by atoms with van der Waals surface area (Å²) in [5.41, 5.74) is 5.74. The van der Waals surface area contributed by atoms with Gasteiger partial charge in [-0.2, -0.15) is 4.99 Å². The van der Waals surface area contributed by atoms with E-state index in [4.69, 9.17) is 4.74 Å². The van der Waals surface area contributed by atoms with E-state index in [-0.39, 0.29) is 31.1 Å². The Kier molecular flexibility index (Phi) is 10.9. The first-order valence-corrected chi connectivity index (χ1v) is 9.11. The van der Waals surface area contributed by atoms with Gasteiger partial charge in [0.1, 0.15) is 11.9 Å². The second-order valence-electron chi connectivity index (χ2n) is 5.24. The van der Waals surface area contributed by atoms with Crippen LogP contribution in [0.2, 0.25) is 0 Å². The molecule has 1 aromatic carbocycles. The standard InChI is InChI=1S/C20H19BrN2O5/c1-2-28-19(26)9-12-22-10-5-3-4-6-11-23-20(27)18(25)14-15-7-8-17(24)16(21)13-15/h3-4,7-8,13,18,24-25H,2,9,12,14H2,1H3/t18-/m1/s1. The number of amides is 1. The van der Waals surface area contributed by atoms with Crippen LogP contribution >= 0.6 is 15.9 Å². The number of halogens is 1. The summed E-state index contributed by atoms with van der Waals surface area (Å²) >= 11 is 3.16. The number of aliphatic hydroxyl groups is 1. The Morgan fingerprint density at radius 3 is 2.68 bits per heavy atom. The Morgan fingerprint density at radius 1 is 1.29 bits per heavy atom. The average Bonchev–Trinajstić information content (AvgIpc) is 2.66. The number of rotatable bonds is 8. The SMILES string of the molecule is CCOC(=O)CCN=C=C=CC=C=C=NC(=O)[C@H](O)Cc1ccc(O)c(Br)c1. The molecule has 0 aliphatic heterocycles. The van der Waals surface area contributed by atoms with Gasteiger partial charge in [0.05, 0.1) is 24.0 Å². The van der Waals surface area contributed by atoms with E-state index in [0.717, 1.165) is 0 Å². The Labute approximate surface area is 170 Å². The Balaban J connectivity index is 2.52. The summed E-state index contributed by atoms with van der Waals surface area (Å²) in [6, 6.07) is 4.67. The van der Waals surface area contributed by atoms with Gasteiger partial charge in [0.25, 0.3) is 5.91 Å². The monoisotopic (exact) mass is 446 g/mol. The number of aliphatic imine (C=N–C) groups is 2. The summed E-state index contributed by atoms with van der Waals surface area (Å²) in [4.78, 5) is 30.1. The fourth-order valence-electron chi connectivity index (χ4n) is 1.79. The first-order chi connectivity index (χ1) is 13.4. The normalized spacial score (nSPS) is 10.2. The number of carbonyl (C=O) groups is 2. The molecule has 0 radical (unpaired) electrons. The molecule has 1 rings (SSSR count). The van der Waals surface area contributed by atoms with Crippen molar-refractivity contribution in [3.05, 3.63) is 51.8 Å². The zero-order valence-electron chi connectivity index (χ0n) is 15.2. The summed E-state index contributed by atoms with van der Waals surface area (Å²) < 4.78 is 5.22. The lowest BCUT2D eigenvalue weighted by Crippen LogP contribution is -2.20. The second-order valence-corrected chi connectivity index (χ2v) is 6.09. The van der Waals surface area contributed by atoms with Crippen molar-refractivity contribution in [2.75, 3.05) is 13.2 Å². The molecule has 0 spiro atoms. The maximum atomic E-state index is 11.7. The number of esters is 1. The lowest BCUT2D eigenvalue weighted by molar-refractivity contribution is -0.142. The molecule has 0 aliphatic rings. The fourth-order valence-corrected chi connectivity index (χ4v) is 2.22. The molecular weight excluding hydrogens is 428 g/mol. The van der Waals surface area contributed by atoms with Crippen LogP contribution in [0.25, 0.3) is 0 Å². The number of allylic oxidation sites excluding steroid dienone is 2. The van der Waals surface area contributed by atoms with Crippen molar-refractivity contribution in [2.45, 2.75) is 25.9 Å². The molecule has 146 valence electrons. The largest absolute Gasteiger partial charge is 0.507 e. The minimum absolute atomic E-state index is 0.0531. The van der Waals surface area contributed by atoms with E-state index in [0.29, 0.717) is 16.6 Å². The average molecular weight is 447 g/mol. The van der Waals surface area contributed by atoms with E-state index in [2.05, 4.69) is 49.1 Å². The third kappa shape index (κ3) is 9.67. The van der Waals surface area contributed by atoms with Crippen molar-refractivity contribution in [3.63, 3.8) is 0 Å². The van der Waals surface area contributed by atoms with E-state index in [9.17, 15) is 19.8 Å². The Bertz CT molecular complexity index is 899. The van der Waals surface area contributed by atoms with Gasteiger partial charge in [0, 0.05) is 18.2 Å². The highest BCUT2D eigenvalue weighted by molar-refractivity contribution is 9.10.